The minimum atomic E-state index is 0.764. The maximum absolute atomic E-state index is 4.64. The van der Waals surface area contributed by atoms with Crippen LogP contribution in [0, 0.1) is 0 Å². The zero-order valence-electron chi connectivity index (χ0n) is 8.67. The molecule has 1 aliphatic rings. The van der Waals surface area contributed by atoms with Crippen molar-refractivity contribution in [1.82, 2.24) is 15.0 Å². The van der Waals surface area contributed by atoms with Crippen LogP contribution in [0.15, 0.2) is 29.0 Å². The summed E-state index contributed by atoms with van der Waals surface area (Å²) in [5.41, 5.74) is 1.17. The molecule has 16 heavy (non-hydrogen) atoms. The molecule has 1 fully saturated rings. The Balaban J connectivity index is 1.61. The third-order valence-electron chi connectivity index (χ3n) is 2.40. The van der Waals surface area contributed by atoms with Crippen molar-refractivity contribution in [3.05, 3.63) is 34.7 Å². The van der Waals surface area contributed by atoms with E-state index in [1.54, 1.807) is 41.7 Å². The largest absolute Gasteiger partial charge is 0.260 e. The Morgan fingerprint density at radius 1 is 1.38 bits per heavy atom. The van der Waals surface area contributed by atoms with Gasteiger partial charge in [-0.15, -0.1) is 11.3 Å². The van der Waals surface area contributed by atoms with Crippen molar-refractivity contribution >= 4 is 23.1 Å². The molecular weight excluding hydrogens is 238 g/mol. The summed E-state index contributed by atoms with van der Waals surface area (Å²) in [5.74, 6) is 1.65. The van der Waals surface area contributed by atoms with Crippen LogP contribution in [0.1, 0.15) is 29.5 Å². The summed E-state index contributed by atoms with van der Waals surface area (Å²) < 4.78 is 0. The molecule has 2 aromatic rings. The van der Waals surface area contributed by atoms with Crippen LogP contribution in [0.2, 0.25) is 0 Å². The summed E-state index contributed by atoms with van der Waals surface area (Å²) >= 11 is 3.48. The second-order valence-electron chi connectivity index (χ2n) is 3.78. The molecule has 0 aromatic carbocycles. The summed E-state index contributed by atoms with van der Waals surface area (Å²) in [7, 11) is 0. The summed E-state index contributed by atoms with van der Waals surface area (Å²) in [6, 6.07) is 0. The van der Waals surface area contributed by atoms with Crippen LogP contribution in [0.3, 0.4) is 0 Å². The molecule has 0 spiro atoms. The Morgan fingerprint density at radius 2 is 2.31 bits per heavy atom. The van der Waals surface area contributed by atoms with Crippen LogP contribution in [0.25, 0.3) is 0 Å². The highest BCUT2D eigenvalue weighted by molar-refractivity contribution is 7.98. The monoisotopic (exact) mass is 249 g/mol. The molecule has 1 aliphatic carbocycles. The van der Waals surface area contributed by atoms with Crippen molar-refractivity contribution in [2.45, 2.75) is 29.5 Å². The Labute approximate surface area is 102 Å². The van der Waals surface area contributed by atoms with Gasteiger partial charge in [0, 0.05) is 29.4 Å². The van der Waals surface area contributed by atoms with Gasteiger partial charge in [-0.3, -0.25) is 4.98 Å². The van der Waals surface area contributed by atoms with Gasteiger partial charge in [-0.1, -0.05) is 11.8 Å². The van der Waals surface area contributed by atoms with Crippen LogP contribution < -0.4 is 0 Å². The van der Waals surface area contributed by atoms with Gasteiger partial charge in [0.2, 0.25) is 0 Å². The van der Waals surface area contributed by atoms with Gasteiger partial charge in [0.25, 0.3) is 0 Å². The fourth-order valence-corrected chi connectivity index (χ4v) is 3.23. The van der Waals surface area contributed by atoms with E-state index in [1.807, 2.05) is 0 Å². The van der Waals surface area contributed by atoms with E-state index >= 15 is 0 Å². The molecule has 0 aliphatic heterocycles. The number of thiazole rings is 1. The normalized spacial score (nSPS) is 15.2. The zero-order valence-corrected chi connectivity index (χ0v) is 10.3. The van der Waals surface area contributed by atoms with Crippen LogP contribution in [0.5, 0.6) is 0 Å². The SMILES string of the molecule is c1cnc(SCc2csc(C3CC3)n2)cn1. The number of rotatable bonds is 4. The van der Waals surface area contributed by atoms with Crippen molar-refractivity contribution in [3.63, 3.8) is 0 Å². The molecule has 3 rings (SSSR count). The number of hydrogen-bond acceptors (Lipinski definition) is 5. The van der Waals surface area contributed by atoms with E-state index in [0.717, 1.165) is 16.7 Å². The zero-order chi connectivity index (χ0) is 10.8. The fourth-order valence-electron chi connectivity index (χ4n) is 1.41. The van der Waals surface area contributed by atoms with Gasteiger partial charge in [0.1, 0.15) is 5.03 Å². The first-order valence-electron chi connectivity index (χ1n) is 5.25. The predicted octanol–water partition coefficient (Wildman–Crippen LogP) is 3.10. The molecule has 0 radical (unpaired) electrons. The standard InChI is InChI=1S/C11H11N3S2/c1-2-8(1)11-14-9(7-16-11)6-15-10-5-12-3-4-13-10/h3-5,7-8H,1-2,6H2. The lowest BCUT2D eigenvalue weighted by Crippen LogP contribution is -1.85. The number of thioether (sulfide) groups is 1. The van der Waals surface area contributed by atoms with Gasteiger partial charge in [-0.05, 0) is 12.8 Å². The summed E-state index contributed by atoms with van der Waals surface area (Å²) in [4.78, 5) is 12.9. The third-order valence-corrected chi connectivity index (χ3v) is 4.41. The molecule has 0 amide bonds. The third kappa shape index (κ3) is 2.41. The van der Waals surface area contributed by atoms with Gasteiger partial charge in [0.05, 0.1) is 16.9 Å². The van der Waals surface area contributed by atoms with Crippen molar-refractivity contribution in [2.24, 2.45) is 0 Å². The number of nitrogens with zero attached hydrogens (tertiary/aromatic N) is 3. The van der Waals surface area contributed by atoms with E-state index in [2.05, 4.69) is 20.3 Å². The molecule has 0 bridgehead atoms. The highest BCUT2D eigenvalue weighted by Gasteiger charge is 2.26. The summed E-state index contributed by atoms with van der Waals surface area (Å²) in [6.45, 7) is 0. The second kappa shape index (κ2) is 4.51. The first kappa shape index (κ1) is 10.2. The van der Waals surface area contributed by atoms with Gasteiger partial charge >= 0.3 is 0 Å². The molecule has 5 heteroatoms. The molecule has 82 valence electrons. The van der Waals surface area contributed by atoms with Gasteiger partial charge < -0.3 is 0 Å². The highest BCUT2D eigenvalue weighted by atomic mass is 32.2. The van der Waals surface area contributed by atoms with Crippen molar-refractivity contribution in [2.75, 3.05) is 0 Å². The van der Waals surface area contributed by atoms with Crippen molar-refractivity contribution in [3.8, 4) is 0 Å². The Kier molecular flexibility index (Phi) is 2.88. The van der Waals surface area contributed by atoms with Crippen molar-refractivity contribution in [1.29, 1.82) is 0 Å². The van der Waals surface area contributed by atoms with E-state index in [4.69, 9.17) is 0 Å². The smallest absolute Gasteiger partial charge is 0.115 e. The molecule has 0 saturated heterocycles. The molecule has 1 saturated carbocycles. The maximum Gasteiger partial charge on any atom is 0.115 e. The molecular formula is C11H11N3S2. The lowest BCUT2D eigenvalue weighted by molar-refractivity contribution is 1.04. The van der Waals surface area contributed by atoms with E-state index in [1.165, 1.54) is 23.5 Å². The first-order valence-corrected chi connectivity index (χ1v) is 7.11. The van der Waals surface area contributed by atoms with Gasteiger partial charge in [-0.2, -0.15) is 0 Å². The lowest BCUT2D eigenvalue weighted by atomic mass is 10.4. The van der Waals surface area contributed by atoms with E-state index in [9.17, 15) is 0 Å². The maximum atomic E-state index is 4.64. The second-order valence-corrected chi connectivity index (χ2v) is 5.67. The van der Waals surface area contributed by atoms with Crippen LogP contribution in [0.4, 0.5) is 0 Å². The Hall–Kier alpha value is -0.940. The average Bonchev–Trinajstić information content (AvgIpc) is 3.08. The first-order chi connectivity index (χ1) is 7.92. The van der Waals surface area contributed by atoms with Crippen LogP contribution in [-0.2, 0) is 5.75 Å². The predicted molar refractivity (Wildman–Crippen MR) is 65.7 cm³/mol. The number of aromatic nitrogens is 3. The topological polar surface area (TPSA) is 38.7 Å². The lowest BCUT2D eigenvalue weighted by Gasteiger charge is -1.96. The van der Waals surface area contributed by atoms with Gasteiger partial charge in [0.15, 0.2) is 0 Å². The minimum absolute atomic E-state index is 0.764. The molecule has 2 aromatic heterocycles. The molecule has 2 heterocycles. The Bertz CT molecular complexity index is 465. The highest BCUT2D eigenvalue weighted by Crippen LogP contribution is 2.41. The number of hydrogen-bond donors (Lipinski definition) is 0. The van der Waals surface area contributed by atoms with Gasteiger partial charge in [-0.25, -0.2) is 9.97 Å². The molecule has 3 nitrogen and oxygen atoms in total. The average molecular weight is 249 g/mol. The Morgan fingerprint density at radius 3 is 3.06 bits per heavy atom. The van der Waals surface area contributed by atoms with Crippen LogP contribution >= 0.6 is 23.1 Å². The summed E-state index contributed by atoms with van der Waals surface area (Å²) in [6.07, 6.45) is 7.85. The fraction of sp³-hybridized carbons (Fsp3) is 0.364. The van der Waals surface area contributed by atoms with Crippen LogP contribution in [-0.4, -0.2) is 15.0 Å². The van der Waals surface area contributed by atoms with E-state index < -0.39 is 0 Å². The summed E-state index contributed by atoms with van der Waals surface area (Å²) in [5, 5.41) is 4.44. The quantitative estimate of drug-likeness (QED) is 0.780. The van der Waals surface area contributed by atoms with E-state index in [0.29, 0.717) is 0 Å². The minimum Gasteiger partial charge on any atom is -0.260 e. The molecule has 0 N–H and O–H groups in total. The van der Waals surface area contributed by atoms with Crippen molar-refractivity contribution < 1.29 is 0 Å². The molecule has 0 atom stereocenters. The molecule has 0 unspecified atom stereocenters. The van der Waals surface area contributed by atoms with E-state index in [-0.39, 0.29) is 0 Å².